The average molecular weight is 982 g/mol. The van der Waals surface area contributed by atoms with Crippen molar-refractivity contribution in [2.75, 3.05) is 0 Å². The van der Waals surface area contributed by atoms with E-state index in [1.165, 1.54) is 6.07 Å². The quantitative estimate of drug-likeness (QED) is 0.157. The summed E-state index contributed by atoms with van der Waals surface area (Å²) in [4.78, 5) is 0. The summed E-state index contributed by atoms with van der Waals surface area (Å²) < 4.78 is 53.7. The summed E-state index contributed by atoms with van der Waals surface area (Å²) >= 11 is 0. The van der Waals surface area contributed by atoms with E-state index < -0.39 is 11.7 Å². The molecule has 76 heavy (non-hydrogen) atoms. The van der Waals surface area contributed by atoms with Crippen LogP contribution < -0.4 is 0 Å². The van der Waals surface area contributed by atoms with Gasteiger partial charge in [-0.25, -0.2) is 0 Å². The molecule has 0 radical (unpaired) electrons. The molecule has 0 amide bonds. The molecule has 10 aromatic carbocycles. The Bertz CT molecular complexity index is 4360. The monoisotopic (exact) mass is 981 g/mol. The van der Waals surface area contributed by atoms with Gasteiger partial charge in [0.25, 0.3) is 0 Å². The summed E-state index contributed by atoms with van der Waals surface area (Å²) in [5.74, 6) is 0. The van der Waals surface area contributed by atoms with Gasteiger partial charge in [-0.15, -0.1) is 0 Å². The van der Waals surface area contributed by atoms with E-state index >= 15 is 13.2 Å². The third kappa shape index (κ3) is 7.92. The van der Waals surface area contributed by atoms with Crippen LogP contribution in [0.15, 0.2) is 206 Å². The molecule has 0 aliphatic heterocycles. The van der Waals surface area contributed by atoms with Crippen molar-refractivity contribution in [3.8, 4) is 97.4 Å². The third-order valence-corrected chi connectivity index (χ3v) is 14.1. The smallest absolute Gasteiger partial charge is 0.309 e. The molecular formula is C66H34F3N7. The van der Waals surface area contributed by atoms with Gasteiger partial charge in [-0.3, -0.25) is 0 Å². The van der Waals surface area contributed by atoms with Crippen molar-refractivity contribution in [2.24, 2.45) is 0 Å². The van der Waals surface area contributed by atoms with Crippen molar-refractivity contribution in [2.45, 2.75) is 6.18 Å². The van der Waals surface area contributed by atoms with Gasteiger partial charge >= 0.3 is 6.18 Å². The molecule has 0 unspecified atom stereocenters. The maximum atomic E-state index is 16.7. The van der Waals surface area contributed by atoms with Gasteiger partial charge in [0, 0.05) is 27.1 Å². The van der Waals surface area contributed by atoms with Gasteiger partial charge in [0.1, 0.15) is 0 Å². The standard InChI is InChI=1S/C66H34F3N7/c67-66(68,69)59-34-64(75-60-29-49(45-12-4-40(35-70)5-13-45)20-24-54(60)55-25-21-50(30-61(55)75)46-14-6-41(36-71)7-15-46)58(53-3-1-2-44(28-53)39-74)33-65(59)76-62-31-51(47-16-8-42(37-72)9-17-47)22-26-56(62)57-27-23-52(32-63(57)76)48-18-10-43(38-73)11-19-48/h1-34H. The molecule has 10 heteroatoms. The molecule has 7 nitrogen and oxygen atoms in total. The first kappa shape index (κ1) is 46.1. The molecule has 354 valence electrons. The molecule has 0 bridgehead atoms. The summed E-state index contributed by atoms with van der Waals surface area (Å²) in [6.07, 6.45) is -4.93. The molecule has 2 heterocycles. The summed E-state index contributed by atoms with van der Waals surface area (Å²) in [5, 5.41) is 51.6. The van der Waals surface area contributed by atoms with E-state index in [0.29, 0.717) is 71.8 Å². The number of fused-ring (bicyclic) bond motifs is 6. The van der Waals surface area contributed by atoms with E-state index in [0.717, 1.165) is 55.3 Å². The molecule has 0 aliphatic carbocycles. The number of hydrogen-bond donors (Lipinski definition) is 0. The van der Waals surface area contributed by atoms with Gasteiger partial charge in [-0.05, 0) is 147 Å². The lowest BCUT2D eigenvalue weighted by Gasteiger charge is -2.22. The van der Waals surface area contributed by atoms with Crippen molar-refractivity contribution < 1.29 is 13.2 Å². The van der Waals surface area contributed by atoms with E-state index in [2.05, 4.69) is 30.3 Å². The number of rotatable bonds is 7. The largest absolute Gasteiger partial charge is 0.418 e. The van der Waals surface area contributed by atoms with Crippen molar-refractivity contribution in [1.82, 2.24) is 9.13 Å². The van der Waals surface area contributed by atoms with Crippen LogP contribution in [0.2, 0.25) is 0 Å². The molecule has 0 fully saturated rings. The lowest BCUT2D eigenvalue weighted by Crippen LogP contribution is -2.13. The zero-order valence-corrected chi connectivity index (χ0v) is 39.9. The molecule has 0 saturated heterocycles. The first-order chi connectivity index (χ1) is 37.0. The minimum atomic E-state index is -4.93. The Morgan fingerprint density at radius 2 is 0.605 bits per heavy atom. The molecule has 0 atom stereocenters. The van der Waals surface area contributed by atoms with Crippen molar-refractivity contribution in [3.63, 3.8) is 0 Å². The van der Waals surface area contributed by atoms with Gasteiger partial charge in [0.15, 0.2) is 0 Å². The summed E-state index contributed by atoms with van der Waals surface area (Å²) in [6, 6.07) is 72.1. The fourth-order valence-corrected chi connectivity index (χ4v) is 10.4. The average Bonchev–Trinajstić information content (AvgIpc) is 3.98. The van der Waals surface area contributed by atoms with Crippen LogP contribution in [0.1, 0.15) is 33.4 Å². The number of aromatic nitrogens is 2. The first-order valence-electron chi connectivity index (χ1n) is 24.0. The fourth-order valence-electron chi connectivity index (χ4n) is 10.4. The van der Waals surface area contributed by atoms with Crippen LogP contribution in [0, 0.1) is 56.7 Å². The zero-order valence-electron chi connectivity index (χ0n) is 39.9. The molecule has 12 aromatic rings. The predicted octanol–water partition coefficient (Wildman–Crippen LogP) is 16.6. The Morgan fingerprint density at radius 1 is 0.289 bits per heavy atom. The summed E-state index contributed by atoms with van der Waals surface area (Å²) in [5.41, 5.74) is 10.6. The molecule has 12 rings (SSSR count). The van der Waals surface area contributed by atoms with Crippen LogP contribution in [0.25, 0.3) is 111 Å². The second-order valence-corrected chi connectivity index (χ2v) is 18.4. The van der Waals surface area contributed by atoms with Gasteiger partial charge < -0.3 is 9.13 Å². The second kappa shape index (κ2) is 18.3. The minimum absolute atomic E-state index is 0.153. The van der Waals surface area contributed by atoms with Crippen molar-refractivity contribution in [1.29, 1.82) is 26.3 Å². The minimum Gasteiger partial charge on any atom is -0.309 e. The number of hydrogen-bond acceptors (Lipinski definition) is 5. The van der Waals surface area contributed by atoms with Crippen LogP contribution in [0.3, 0.4) is 0 Å². The highest BCUT2D eigenvalue weighted by Gasteiger charge is 2.37. The van der Waals surface area contributed by atoms with E-state index in [1.54, 1.807) is 83.4 Å². The SMILES string of the molecule is N#Cc1ccc(-c2ccc3c4ccc(-c5ccc(C#N)cc5)cc4n(-c4cc(C(F)(F)F)c(-n5c6cc(-c7ccc(C#N)cc7)ccc6c6ccc(-c7ccc(C#N)cc7)cc65)cc4-c4cccc(C#N)c4)c3c2)cc1. The molecule has 0 N–H and O–H groups in total. The number of nitrogens with zero attached hydrogens (tertiary/aromatic N) is 7. The Kier molecular flexibility index (Phi) is 11.1. The van der Waals surface area contributed by atoms with Crippen LogP contribution in [-0.2, 0) is 6.18 Å². The first-order valence-corrected chi connectivity index (χ1v) is 24.0. The number of alkyl halides is 3. The van der Waals surface area contributed by atoms with Gasteiger partial charge in [-0.1, -0.05) is 109 Å². The highest BCUT2D eigenvalue weighted by molar-refractivity contribution is 6.13. The highest BCUT2D eigenvalue weighted by atomic mass is 19.4. The zero-order chi connectivity index (χ0) is 52.2. The molecule has 0 saturated carbocycles. The second-order valence-electron chi connectivity index (χ2n) is 18.4. The van der Waals surface area contributed by atoms with Crippen LogP contribution >= 0.6 is 0 Å². The van der Waals surface area contributed by atoms with Crippen molar-refractivity contribution in [3.05, 3.63) is 240 Å². The van der Waals surface area contributed by atoms with Gasteiger partial charge in [0.05, 0.1) is 97.2 Å². The van der Waals surface area contributed by atoms with Gasteiger partial charge in [0.2, 0.25) is 0 Å². The fraction of sp³-hybridized carbons (Fsp3) is 0.0152. The summed E-state index contributed by atoms with van der Waals surface area (Å²) in [7, 11) is 0. The third-order valence-electron chi connectivity index (χ3n) is 14.1. The Labute approximate surface area is 433 Å². The maximum absolute atomic E-state index is 16.7. The predicted molar refractivity (Wildman–Crippen MR) is 291 cm³/mol. The molecule has 0 aliphatic rings. The number of nitriles is 5. The molecule has 2 aromatic heterocycles. The van der Waals surface area contributed by atoms with Crippen LogP contribution in [-0.4, -0.2) is 9.13 Å². The number of benzene rings is 10. The van der Waals surface area contributed by atoms with Gasteiger partial charge in [-0.2, -0.15) is 39.5 Å². The molecule has 0 spiro atoms. The highest BCUT2D eigenvalue weighted by Crippen LogP contribution is 2.47. The maximum Gasteiger partial charge on any atom is 0.418 e. The lowest BCUT2D eigenvalue weighted by atomic mass is 9.97. The van der Waals surface area contributed by atoms with E-state index in [9.17, 15) is 26.3 Å². The van der Waals surface area contributed by atoms with Crippen LogP contribution in [0.5, 0.6) is 0 Å². The molecular weight excluding hydrogens is 948 g/mol. The van der Waals surface area contributed by atoms with E-state index in [1.807, 2.05) is 126 Å². The van der Waals surface area contributed by atoms with E-state index in [4.69, 9.17) is 0 Å². The Morgan fingerprint density at radius 3 is 0.921 bits per heavy atom. The van der Waals surface area contributed by atoms with Crippen LogP contribution in [0.4, 0.5) is 13.2 Å². The summed E-state index contributed by atoms with van der Waals surface area (Å²) in [6.45, 7) is 0. The Balaban J connectivity index is 1.21. The van der Waals surface area contributed by atoms with E-state index in [-0.39, 0.29) is 11.4 Å². The van der Waals surface area contributed by atoms with Crippen molar-refractivity contribution >= 4 is 43.6 Å². The number of halogens is 3. The Hall–Kier alpha value is -11.0. The topological polar surface area (TPSA) is 129 Å². The normalized spacial score (nSPS) is 11.3. The lowest BCUT2D eigenvalue weighted by molar-refractivity contribution is -0.137.